The van der Waals surface area contributed by atoms with E-state index in [0.29, 0.717) is 6.54 Å². The first-order chi connectivity index (χ1) is 8.25. The molecule has 0 spiro atoms. The highest BCUT2D eigenvalue weighted by Crippen LogP contribution is 2.27. The van der Waals surface area contributed by atoms with Gasteiger partial charge in [0.15, 0.2) is 0 Å². The minimum Gasteiger partial charge on any atom is -0.347 e. The predicted octanol–water partition coefficient (Wildman–Crippen LogP) is 1.26. The lowest BCUT2D eigenvalue weighted by molar-refractivity contribution is -0.120. The number of carbonyl (C=O) groups excluding carboxylic acids is 1. The van der Waals surface area contributed by atoms with Gasteiger partial charge in [0, 0.05) is 6.20 Å². The first-order valence-corrected chi connectivity index (χ1v) is 6.16. The van der Waals surface area contributed by atoms with E-state index in [1.54, 1.807) is 6.20 Å². The van der Waals surface area contributed by atoms with Crippen molar-refractivity contribution in [2.24, 2.45) is 5.92 Å². The molecule has 1 unspecified atom stereocenters. The Morgan fingerprint density at radius 1 is 1.53 bits per heavy atom. The van der Waals surface area contributed by atoms with Crippen LogP contribution in [-0.2, 0) is 4.79 Å². The first-order valence-electron chi connectivity index (χ1n) is 6.16. The number of nitrogens with zero attached hydrogens (tertiary/aromatic N) is 1. The maximum absolute atomic E-state index is 11.6. The zero-order valence-electron chi connectivity index (χ0n) is 10.1. The van der Waals surface area contributed by atoms with Gasteiger partial charge in [-0.1, -0.05) is 6.07 Å². The number of rotatable bonds is 6. The molecule has 1 aliphatic carbocycles. The van der Waals surface area contributed by atoms with Crippen LogP contribution in [0.3, 0.4) is 0 Å². The van der Waals surface area contributed by atoms with Crippen LogP contribution in [0.5, 0.6) is 0 Å². The molecule has 0 bridgehead atoms. The molecule has 1 heterocycles. The minimum atomic E-state index is -0.0357. The van der Waals surface area contributed by atoms with Crippen LogP contribution in [0, 0.1) is 5.92 Å². The average molecular weight is 233 g/mol. The summed E-state index contributed by atoms with van der Waals surface area (Å²) in [5, 5.41) is 6.10. The molecule has 1 atom stereocenters. The normalized spacial score (nSPS) is 16.5. The van der Waals surface area contributed by atoms with E-state index in [0.717, 1.165) is 18.2 Å². The van der Waals surface area contributed by atoms with E-state index in [2.05, 4.69) is 15.6 Å². The van der Waals surface area contributed by atoms with E-state index in [4.69, 9.17) is 0 Å². The van der Waals surface area contributed by atoms with Crippen molar-refractivity contribution in [1.82, 2.24) is 15.6 Å². The Bertz CT molecular complexity index is 362. The van der Waals surface area contributed by atoms with Crippen LogP contribution in [-0.4, -0.2) is 24.0 Å². The Hall–Kier alpha value is -1.42. The molecule has 1 fully saturated rings. The van der Waals surface area contributed by atoms with Crippen molar-refractivity contribution in [2.75, 3.05) is 13.1 Å². The second kappa shape index (κ2) is 5.77. The number of hydrogen-bond donors (Lipinski definition) is 2. The fraction of sp³-hybridized carbons (Fsp3) is 0.538. The highest BCUT2D eigenvalue weighted by Gasteiger charge is 2.20. The smallest absolute Gasteiger partial charge is 0.234 e. The third-order valence-corrected chi connectivity index (χ3v) is 2.92. The lowest BCUT2D eigenvalue weighted by Crippen LogP contribution is -2.36. The van der Waals surface area contributed by atoms with Gasteiger partial charge in [-0.3, -0.25) is 9.78 Å². The van der Waals surface area contributed by atoms with Crippen LogP contribution in [0.1, 0.15) is 31.5 Å². The fourth-order valence-electron chi connectivity index (χ4n) is 1.71. The summed E-state index contributed by atoms with van der Waals surface area (Å²) >= 11 is 0. The number of nitrogens with one attached hydrogen (secondary N) is 2. The van der Waals surface area contributed by atoms with Gasteiger partial charge in [-0.25, -0.2) is 0 Å². The van der Waals surface area contributed by atoms with Crippen molar-refractivity contribution < 1.29 is 4.79 Å². The molecular formula is C13H19N3O. The summed E-state index contributed by atoms with van der Waals surface area (Å²) in [6, 6.07) is 5.68. The van der Waals surface area contributed by atoms with Crippen LogP contribution in [0.2, 0.25) is 0 Å². The van der Waals surface area contributed by atoms with E-state index in [1.807, 2.05) is 25.1 Å². The van der Waals surface area contributed by atoms with Crippen molar-refractivity contribution in [1.29, 1.82) is 0 Å². The van der Waals surface area contributed by atoms with Crippen LogP contribution in [0.25, 0.3) is 0 Å². The van der Waals surface area contributed by atoms with E-state index in [1.165, 1.54) is 12.8 Å². The zero-order chi connectivity index (χ0) is 12.1. The number of amides is 1. The molecule has 2 N–H and O–H groups in total. The third-order valence-electron chi connectivity index (χ3n) is 2.92. The van der Waals surface area contributed by atoms with Gasteiger partial charge in [0.25, 0.3) is 0 Å². The molecule has 1 aromatic heterocycles. The van der Waals surface area contributed by atoms with Crippen molar-refractivity contribution >= 4 is 5.91 Å². The maximum Gasteiger partial charge on any atom is 0.234 e. The zero-order valence-corrected chi connectivity index (χ0v) is 10.1. The Morgan fingerprint density at radius 3 is 3.00 bits per heavy atom. The number of carbonyl (C=O) groups is 1. The summed E-state index contributed by atoms with van der Waals surface area (Å²) in [5.41, 5.74) is 0.892. The summed E-state index contributed by atoms with van der Waals surface area (Å²) in [6.45, 7) is 3.31. The third kappa shape index (κ3) is 4.15. The molecule has 1 aromatic rings. The number of hydrogen-bond acceptors (Lipinski definition) is 3. The summed E-state index contributed by atoms with van der Waals surface area (Å²) in [7, 11) is 0. The lowest BCUT2D eigenvalue weighted by atomic mass is 10.2. The van der Waals surface area contributed by atoms with Crippen LogP contribution in [0.15, 0.2) is 24.4 Å². The standard InChI is InChI=1S/C13H19N3O/c1-10(12-4-2-3-7-15-12)16-13(17)9-14-8-11-5-6-11/h2-4,7,10-11,14H,5-6,8-9H2,1H3,(H,16,17). The lowest BCUT2D eigenvalue weighted by Gasteiger charge is -2.13. The van der Waals surface area contributed by atoms with Gasteiger partial charge < -0.3 is 10.6 Å². The fourth-order valence-corrected chi connectivity index (χ4v) is 1.71. The quantitative estimate of drug-likeness (QED) is 0.777. The van der Waals surface area contributed by atoms with E-state index in [-0.39, 0.29) is 11.9 Å². The second-order valence-corrected chi connectivity index (χ2v) is 4.62. The first kappa shape index (κ1) is 12.0. The molecule has 92 valence electrons. The maximum atomic E-state index is 11.6. The minimum absolute atomic E-state index is 0.0313. The van der Waals surface area contributed by atoms with Gasteiger partial charge in [0.2, 0.25) is 5.91 Å². The van der Waals surface area contributed by atoms with Crippen LogP contribution in [0.4, 0.5) is 0 Å². The SMILES string of the molecule is CC(NC(=O)CNCC1CC1)c1ccccn1. The molecule has 0 aliphatic heterocycles. The van der Waals surface area contributed by atoms with Gasteiger partial charge >= 0.3 is 0 Å². The van der Waals surface area contributed by atoms with Gasteiger partial charge in [0.1, 0.15) is 0 Å². The molecule has 17 heavy (non-hydrogen) atoms. The molecule has 4 heteroatoms. The van der Waals surface area contributed by atoms with Crippen molar-refractivity contribution in [3.05, 3.63) is 30.1 Å². The summed E-state index contributed by atoms with van der Waals surface area (Å²) < 4.78 is 0. The summed E-state index contributed by atoms with van der Waals surface area (Å²) in [6.07, 6.45) is 4.35. The van der Waals surface area contributed by atoms with Gasteiger partial charge in [0.05, 0.1) is 18.3 Å². The molecule has 4 nitrogen and oxygen atoms in total. The van der Waals surface area contributed by atoms with Crippen molar-refractivity contribution in [2.45, 2.75) is 25.8 Å². The summed E-state index contributed by atoms with van der Waals surface area (Å²) in [5.74, 6) is 0.833. The Labute approximate surface area is 102 Å². The second-order valence-electron chi connectivity index (χ2n) is 4.62. The Morgan fingerprint density at radius 2 is 2.35 bits per heavy atom. The highest BCUT2D eigenvalue weighted by molar-refractivity contribution is 5.78. The van der Waals surface area contributed by atoms with Crippen molar-refractivity contribution in [3.8, 4) is 0 Å². The van der Waals surface area contributed by atoms with Gasteiger partial charge in [-0.05, 0) is 44.4 Å². The Balaban J connectivity index is 1.69. The van der Waals surface area contributed by atoms with E-state index in [9.17, 15) is 4.79 Å². The molecule has 1 amide bonds. The molecular weight excluding hydrogens is 214 g/mol. The topological polar surface area (TPSA) is 54.0 Å². The van der Waals surface area contributed by atoms with Gasteiger partial charge in [-0.2, -0.15) is 0 Å². The van der Waals surface area contributed by atoms with Gasteiger partial charge in [-0.15, -0.1) is 0 Å². The number of pyridine rings is 1. The molecule has 0 saturated heterocycles. The van der Waals surface area contributed by atoms with Crippen LogP contribution < -0.4 is 10.6 Å². The molecule has 0 aromatic carbocycles. The number of aromatic nitrogens is 1. The predicted molar refractivity (Wildman–Crippen MR) is 66.4 cm³/mol. The monoisotopic (exact) mass is 233 g/mol. The molecule has 1 aliphatic rings. The molecule has 1 saturated carbocycles. The highest BCUT2D eigenvalue weighted by atomic mass is 16.1. The Kier molecular flexibility index (Phi) is 4.09. The average Bonchev–Trinajstić information content (AvgIpc) is 3.14. The van der Waals surface area contributed by atoms with Crippen LogP contribution >= 0.6 is 0 Å². The van der Waals surface area contributed by atoms with E-state index >= 15 is 0 Å². The van der Waals surface area contributed by atoms with Crippen molar-refractivity contribution in [3.63, 3.8) is 0 Å². The summed E-state index contributed by atoms with van der Waals surface area (Å²) in [4.78, 5) is 15.8. The largest absolute Gasteiger partial charge is 0.347 e. The van der Waals surface area contributed by atoms with E-state index < -0.39 is 0 Å². The molecule has 0 radical (unpaired) electrons. The molecule has 2 rings (SSSR count).